The second-order valence-corrected chi connectivity index (χ2v) is 7.02. The molecule has 0 unspecified atom stereocenters. The van der Waals surface area contributed by atoms with Gasteiger partial charge in [-0.2, -0.15) is 16.9 Å². The van der Waals surface area contributed by atoms with Crippen molar-refractivity contribution in [3.63, 3.8) is 0 Å². The highest BCUT2D eigenvalue weighted by molar-refractivity contribution is 8.00. The number of hydrogen-bond acceptors (Lipinski definition) is 4. The molecule has 0 atom stereocenters. The molecule has 3 heterocycles. The van der Waals surface area contributed by atoms with Crippen molar-refractivity contribution in [2.24, 2.45) is 11.1 Å². The van der Waals surface area contributed by atoms with Crippen LogP contribution in [0.4, 0.5) is 0 Å². The molecule has 1 aromatic rings. The van der Waals surface area contributed by atoms with Crippen LogP contribution in [0, 0.1) is 5.41 Å². The first-order valence-electron chi connectivity index (χ1n) is 6.67. The minimum absolute atomic E-state index is 0.321. The monoisotopic (exact) mass is 280 g/mol. The van der Waals surface area contributed by atoms with E-state index in [0.717, 1.165) is 25.3 Å². The van der Waals surface area contributed by atoms with Crippen LogP contribution in [0.25, 0.3) is 0 Å². The lowest BCUT2D eigenvalue weighted by atomic mass is 9.91. The zero-order chi connectivity index (χ0) is 13.6. The summed E-state index contributed by atoms with van der Waals surface area (Å²) < 4.78 is 2.00. The van der Waals surface area contributed by atoms with Gasteiger partial charge in [-0.15, -0.1) is 0 Å². The molecule has 5 nitrogen and oxygen atoms in total. The molecule has 0 radical (unpaired) electrons. The number of amides is 1. The Hall–Kier alpha value is -1.01. The highest BCUT2D eigenvalue weighted by Crippen LogP contribution is 2.42. The van der Waals surface area contributed by atoms with Crippen molar-refractivity contribution in [1.29, 1.82) is 0 Å². The standard InChI is InChI=1S/C13H20N4OS/c1-9(2)16-4-10-3-11(12(14)18)15-17(10)6-13(5-16)7-19-8-13/h3,9H,4-8H2,1-2H3,(H2,14,18). The molecule has 104 valence electrons. The number of primary amides is 1. The van der Waals surface area contributed by atoms with E-state index in [1.807, 2.05) is 22.5 Å². The topological polar surface area (TPSA) is 64.2 Å². The predicted molar refractivity (Wildman–Crippen MR) is 76.0 cm³/mol. The van der Waals surface area contributed by atoms with Gasteiger partial charge in [0.1, 0.15) is 5.69 Å². The molecule has 0 aliphatic carbocycles. The summed E-state index contributed by atoms with van der Waals surface area (Å²) in [5, 5.41) is 4.39. The van der Waals surface area contributed by atoms with Gasteiger partial charge >= 0.3 is 0 Å². The molecular formula is C13H20N4OS. The van der Waals surface area contributed by atoms with Crippen molar-refractivity contribution in [1.82, 2.24) is 14.7 Å². The summed E-state index contributed by atoms with van der Waals surface area (Å²) in [6.07, 6.45) is 0. The molecule has 2 aliphatic rings. The summed E-state index contributed by atoms with van der Waals surface area (Å²) in [6.45, 7) is 7.32. The van der Waals surface area contributed by atoms with Gasteiger partial charge in [0.15, 0.2) is 0 Å². The molecule has 1 saturated heterocycles. The lowest BCUT2D eigenvalue weighted by Crippen LogP contribution is -2.48. The molecule has 3 rings (SSSR count). The van der Waals surface area contributed by atoms with Crippen LogP contribution < -0.4 is 5.73 Å². The van der Waals surface area contributed by atoms with Gasteiger partial charge in [0.2, 0.25) is 0 Å². The molecule has 19 heavy (non-hydrogen) atoms. The average molecular weight is 280 g/mol. The van der Waals surface area contributed by atoms with E-state index in [4.69, 9.17) is 5.73 Å². The van der Waals surface area contributed by atoms with Crippen LogP contribution >= 0.6 is 11.8 Å². The third-order valence-corrected chi connectivity index (χ3v) is 5.68. The summed E-state index contributed by atoms with van der Waals surface area (Å²) in [6, 6.07) is 2.35. The third-order valence-electron chi connectivity index (χ3n) is 4.05. The molecule has 1 fully saturated rings. The van der Waals surface area contributed by atoms with Crippen LogP contribution in [0.5, 0.6) is 0 Å². The van der Waals surface area contributed by atoms with Crippen molar-refractivity contribution < 1.29 is 4.79 Å². The van der Waals surface area contributed by atoms with Crippen LogP contribution in [0.3, 0.4) is 0 Å². The van der Waals surface area contributed by atoms with Gasteiger partial charge in [0.05, 0.1) is 5.69 Å². The van der Waals surface area contributed by atoms with E-state index in [-0.39, 0.29) is 0 Å². The van der Waals surface area contributed by atoms with Crippen molar-refractivity contribution in [2.75, 3.05) is 18.1 Å². The molecule has 2 aliphatic heterocycles. The Kier molecular flexibility index (Phi) is 3.09. The molecule has 2 N–H and O–H groups in total. The molecular weight excluding hydrogens is 260 g/mol. The SMILES string of the molecule is CC(C)N1Cc2cc(C(N)=O)nn2CC2(CSC2)C1. The number of thioether (sulfide) groups is 1. The highest BCUT2D eigenvalue weighted by Gasteiger charge is 2.42. The summed E-state index contributed by atoms with van der Waals surface area (Å²) in [4.78, 5) is 13.8. The number of fused-ring (bicyclic) bond motifs is 1. The predicted octanol–water partition coefficient (Wildman–Crippen LogP) is 0.939. The van der Waals surface area contributed by atoms with Crippen molar-refractivity contribution in [3.8, 4) is 0 Å². The van der Waals surface area contributed by atoms with E-state index >= 15 is 0 Å². The van der Waals surface area contributed by atoms with E-state index < -0.39 is 5.91 Å². The Morgan fingerprint density at radius 1 is 1.47 bits per heavy atom. The van der Waals surface area contributed by atoms with Gasteiger partial charge < -0.3 is 5.73 Å². The van der Waals surface area contributed by atoms with Crippen LogP contribution in [0.2, 0.25) is 0 Å². The maximum atomic E-state index is 11.3. The number of rotatable bonds is 2. The lowest BCUT2D eigenvalue weighted by Gasteiger charge is -2.43. The number of nitrogens with two attached hydrogens (primary N) is 1. The second kappa shape index (κ2) is 4.52. The Morgan fingerprint density at radius 2 is 2.21 bits per heavy atom. The maximum absolute atomic E-state index is 11.3. The quantitative estimate of drug-likeness (QED) is 0.875. The first kappa shape index (κ1) is 13.0. The number of carbonyl (C=O) groups is 1. The van der Waals surface area contributed by atoms with Gasteiger partial charge in [-0.25, -0.2) is 0 Å². The summed E-state index contributed by atoms with van der Waals surface area (Å²) in [5.74, 6) is 1.93. The van der Waals surface area contributed by atoms with Crippen molar-refractivity contribution in [3.05, 3.63) is 17.5 Å². The summed E-state index contributed by atoms with van der Waals surface area (Å²) in [5.41, 5.74) is 7.16. The van der Waals surface area contributed by atoms with E-state index in [1.165, 1.54) is 11.5 Å². The van der Waals surface area contributed by atoms with E-state index in [2.05, 4.69) is 23.8 Å². The summed E-state index contributed by atoms with van der Waals surface area (Å²) >= 11 is 1.99. The van der Waals surface area contributed by atoms with Gasteiger partial charge in [0.25, 0.3) is 5.91 Å². The fourth-order valence-electron chi connectivity index (χ4n) is 2.84. The molecule has 1 amide bonds. The highest BCUT2D eigenvalue weighted by atomic mass is 32.2. The van der Waals surface area contributed by atoms with Gasteiger partial charge in [-0.3, -0.25) is 14.4 Å². The minimum atomic E-state index is -0.436. The Labute approximate surface area is 117 Å². The van der Waals surface area contributed by atoms with Crippen LogP contribution in [0.1, 0.15) is 30.0 Å². The van der Waals surface area contributed by atoms with Crippen LogP contribution in [0.15, 0.2) is 6.07 Å². The Morgan fingerprint density at radius 3 is 2.74 bits per heavy atom. The molecule has 0 bridgehead atoms. The number of carbonyl (C=O) groups excluding carboxylic acids is 1. The van der Waals surface area contributed by atoms with Gasteiger partial charge in [-0.1, -0.05) is 0 Å². The lowest BCUT2D eigenvalue weighted by molar-refractivity contribution is 0.0993. The normalized spacial score (nSPS) is 22.1. The number of hydrogen-bond donors (Lipinski definition) is 1. The maximum Gasteiger partial charge on any atom is 0.269 e. The third kappa shape index (κ3) is 2.27. The molecule has 1 aromatic heterocycles. The zero-order valence-corrected chi connectivity index (χ0v) is 12.2. The number of nitrogens with zero attached hydrogens (tertiary/aromatic N) is 3. The fourth-order valence-corrected chi connectivity index (χ4v) is 3.99. The Bertz CT molecular complexity index is 507. The Balaban J connectivity index is 1.96. The van der Waals surface area contributed by atoms with Crippen LogP contribution in [-0.2, 0) is 13.1 Å². The summed E-state index contributed by atoms with van der Waals surface area (Å²) in [7, 11) is 0. The molecule has 6 heteroatoms. The van der Waals surface area contributed by atoms with E-state index in [9.17, 15) is 4.79 Å². The molecule has 1 spiro atoms. The molecule has 0 saturated carbocycles. The smallest absolute Gasteiger partial charge is 0.269 e. The fraction of sp³-hybridized carbons (Fsp3) is 0.692. The first-order valence-corrected chi connectivity index (χ1v) is 7.83. The second-order valence-electron chi connectivity index (χ2n) is 6.03. The minimum Gasteiger partial charge on any atom is -0.364 e. The van der Waals surface area contributed by atoms with Gasteiger partial charge in [0, 0.05) is 42.6 Å². The zero-order valence-electron chi connectivity index (χ0n) is 11.4. The number of aromatic nitrogens is 2. The van der Waals surface area contributed by atoms with E-state index in [1.54, 1.807) is 0 Å². The van der Waals surface area contributed by atoms with Crippen LogP contribution in [-0.4, -0.2) is 44.7 Å². The first-order chi connectivity index (χ1) is 8.99. The largest absolute Gasteiger partial charge is 0.364 e. The van der Waals surface area contributed by atoms with E-state index in [0.29, 0.717) is 17.2 Å². The van der Waals surface area contributed by atoms with Gasteiger partial charge in [-0.05, 0) is 19.9 Å². The van der Waals surface area contributed by atoms with Crippen molar-refractivity contribution in [2.45, 2.75) is 33.0 Å². The average Bonchev–Trinajstić information content (AvgIpc) is 2.60. The molecule has 0 aromatic carbocycles. The van der Waals surface area contributed by atoms with Crippen molar-refractivity contribution >= 4 is 17.7 Å².